The largest absolute Gasteiger partial charge is 0.371 e. The molecule has 5 heteroatoms. The zero-order valence-electron chi connectivity index (χ0n) is 12.1. The molecule has 1 fully saturated rings. The third-order valence-corrected chi connectivity index (χ3v) is 3.92. The lowest BCUT2D eigenvalue weighted by atomic mass is 10.2. The monoisotopic (exact) mass is 264 g/mol. The Balaban J connectivity index is 2.12. The summed E-state index contributed by atoms with van der Waals surface area (Å²) in [5.74, 6) is 0.709. The molecule has 1 heterocycles. The highest BCUT2D eigenvalue weighted by atomic mass is 16.1. The van der Waals surface area contributed by atoms with Crippen molar-refractivity contribution in [2.75, 3.05) is 25.0 Å². The smallest absolute Gasteiger partial charge is 0.268 e. The fourth-order valence-electron chi connectivity index (χ4n) is 2.48. The molecule has 1 unspecified atom stereocenters. The van der Waals surface area contributed by atoms with Crippen LogP contribution in [0.4, 0.5) is 5.69 Å². The lowest BCUT2D eigenvalue weighted by molar-refractivity contribution is 0.403. The molecule has 5 nitrogen and oxygen atoms in total. The van der Waals surface area contributed by atoms with Crippen molar-refractivity contribution in [1.82, 2.24) is 15.1 Å². The quantitative estimate of drug-likeness (QED) is 0.801. The van der Waals surface area contributed by atoms with Gasteiger partial charge in [-0.05, 0) is 39.7 Å². The molecule has 1 aromatic rings. The summed E-state index contributed by atoms with van der Waals surface area (Å²) in [6, 6.07) is 2.06. The van der Waals surface area contributed by atoms with Crippen LogP contribution in [0.3, 0.4) is 0 Å². The van der Waals surface area contributed by atoms with Crippen molar-refractivity contribution in [3.8, 4) is 0 Å². The van der Waals surface area contributed by atoms with E-state index in [1.165, 1.54) is 12.8 Å². The molecule has 1 aliphatic carbocycles. The van der Waals surface area contributed by atoms with Crippen LogP contribution < -0.4 is 15.8 Å². The van der Waals surface area contributed by atoms with Crippen LogP contribution in [0.1, 0.15) is 26.7 Å². The summed E-state index contributed by atoms with van der Waals surface area (Å²) in [6.45, 7) is 6.61. The van der Waals surface area contributed by atoms with Crippen LogP contribution in [-0.4, -0.2) is 36.0 Å². The summed E-state index contributed by atoms with van der Waals surface area (Å²) < 4.78 is 1.58. The van der Waals surface area contributed by atoms with E-state index in [0.717, 1.165) is 18.8 Å². The van der Waals surface area contributed by atoms with E-state index in [9.17, 15) is 4.79 Å². The molecule has 1 aromatic heterocycles. The molecule has 1 atom stereocenters. The predicted molar refractivity (Wildman–Crippen MR) is 77.6 cm³/mol. The Kier molecular flexibility index (Phi) is 4.58. The van der Waals surface area contributed by atoms with Gasteiger partial charge in [0.25, 0.3) is 5.56 Å². The van der Waals surface area contributed by atoms with Gasteiger partial charge in [0.05, 0.1) is 18.4 Å². The Morgan fingerprint density at radius 3 is 2.63 bits per heavy atom. The van der Waals surface area contributed by atoms with Crippen molar-refractivity contribution in [3.63, 3.8) is 0 Å². The van der Waals surface area contributed by atoms with E-state index < -0.39 is 0 Å². The summed E-state index contributed by atoms with van der Waals surface area (Å²) >= 11 is 0. The van der Waals surface area contributed by atoms with Crippen LogP contribution in [0.2, 0.25) is 0 Å². The number of anilines is 1. The van der Waals surface area contributed by atoms with Gasteiger partial charge >= 0.3 is 0 Å². The van der Waals surface area contributed by atoms with E-state index in [0.29, 0.717) is 18.5 Å². The highest BCUT2D eigenvalue weighted by Crippen LogP contribution is 2.32. The Labute approximate surface area is 114 Å². The van der Waals surface area contributed by atoms with Gasteiger partial charge in [-0.3, -0.25) is 4.79 Å². The second-order valence-corrected chi connectivity index (χ2v) is 5.14. The molecule has 19 heavy (non-hydrogen) atoms. The Bertz CT molecular complexity index is 463. The average Bonchev–Trinajstić information content (AvgIpc) is 3.24. The fraction of sp³-hybridized carbons (Fsp3) is 0.714. The van der Waals surface area contributed by atoms with Crippen LogP contribution >= 0.6 is 0 Å². The van der Waals surface area contributed by atoms with E-state index in [2.05, 4.69) is 29.2 Å². The molecule has 1 saturated carbocycles. The van der Waals surface area contributed by atoms with E-state index in [1.807, 2.05) is 7.05 Å². The van der Waals surface area contributed by atoms with Gasteiger partial charge in [0, 0.05) is 25.2 Å². The Hall–Kier alpha value is -1.36. The van der Waals surface area contributed by atoms with Crippen LogP contribution in [0.15, 0.2) is 17.1 Å². The molecule has 1 N–H and O–H groups in total. The van der Waals surface area contributed by atoms with Gasteiger partial charge in [-0.15, -0.1) is 0 Å². The van der Waals surface area contributed by atoms with Crippen molar-refractivity contribution >= 4 is 5.69 Å². The number of rotatable bonds is 7. The molecule has 106 valence electrons. The summed E-state index contributed by atoms with van der Waals surface area (Å²) in [5.41, 5.74) is 0.906. The van der Waals surface area contributed by atoms with Gasteiger partial charge in [0.15, 0.2) is 0 Å². The number of hydrogen-bond donors (Lipinski definition) is 1. The first-order valence-electron chi connectivity index (χ1n) is 7.19. The van der Waals surface area contributed by atoms with Crippen molar-refractivity contribution in [2.24, 2.45) is 5.92 Å². The molecule has 0 amide bonds. The molecule has 0 bridgehead atoms. The molecule has 0 spiro atoms. The first-order valence-corrected chi connectivity index (χ1v) is 7.19. The van der Waals surface area contributed by atoms with Crippen molar-refractivity contribution < 1.29 is 0 Å². The number of likely N-dealkylation sites (N-methyl/N-ethyl adjacent to an activating group) is 1. The Morgan fingerprint density at radius 2 is 2.16 bits per heavy atom. The van der Waals surface area contributed by atoms with E-state index >= 15 is 0 Å². The zero-order chi connectivity index (χ0) is 13.8. The third kappa shape index (κ3) is 3.35. The minimum absolute atomic E-state index is 0.00898. The summed E-state index contributed by atoms with van der Waals surface area (Å²) in [4.78, 5) is 14.3. The lowest BCUT2D eigenvalue weighted by Crippen LogP contribution is -2.37. The van der Waals surface area contributed by atoms with Crippen LogP contribution in [0.5, 0.6) is 0 Å². The number of hydrogen-bond acceptors (Lipinski definition) is 4. The fourth-order valence-corrected chi connectivity index (χ4v) is 2.48. The SMILES string of the molecule is CCN(CC)c1cnn(CC(NC)C2CC2)c(=O)c1. The minimum Gasteiger partial charge on any atom is -0.371 e. The first kappa shape index (κ1) is 14.1. The summed E-state index contributed by atoms with van der Waals surface area (Å²) in [7, 11) is 1.96. The normalized spacial score (nSPS) is 16.4. The minimum atomic E-state index is -0.00898. The second-order valence-electron chi connectivity index (χ2n) is 5.14. The molecule has 2 rings (SSSR count). The predicted octanol–water partition coefficient (Wildman–Crippen LogP) is 1.09. The van der Waals surface area contributed by atoms with Gasteiger partial charge < -0.3 is 10.2 Å². The molecule has 0 aromatic carbocycles. The van der Waals surface area contributed by atoms with E-state index in [4.69, 9.17) is 0 Å². The molecular formula is C14H24N4O. The van der Waals surface area contributed by atoms with Crippen molar-refractivity contribution in [3.05, 3.63) is 22.6 Å². The van der Waals surface area contributed by atoms with E-state index in [1.54, 1.807) is 16.9 Å². The second kappa shape index (κ2) is 6.19. The molecule has 0 aliphatic heterocycles. The molecular weight excluding hydrogens is 240 g/mol. The standard InChI is InChI=1S/C14H24N4O/c1-4-17(5-2)12-8-14(19)18(16-9-12)10-13(15-3)11-6-7-11/h8-9,11,13,15H,4-7,10H2,1-3H3. The highest BCUT2D eigenvalue weighted by Gasteiger charge is 2.30. The van der Waals surface area contributed by atoms with Gasteiger partial charge in [0.2, 0.25) is 0 Å². The number of nitrogens with one attached hydrogen (secondary N) is 1. The third-order valence-electron chi connectivity index (χ3n) is 3.92. The topological polar surface area (TPSA) is 50.2 Å². The average molecular weight is 264 g/mol. The van der Waals surface area contributed by atoms with Gasteiger partial charge in [-0.25, -0.2) is 4.68 Å². The Morgan fingerprint density at radius 1 is 1.47 bits per heavy atom. The summed E-state index contributed by atoms with van der Waals surface area (Å²) in [5, 5.41) is 7.60. The first-order chi connectivity index (χ1) is 9.19. The van der Waals surface area contributed by atoms with Gasteiger partial charge in [-0.2, -0.15) is 5.10 Å². The lowest BCUT2D eigenvalue weighted by Gasteiger charge is -2.21. The van der Waals surface area contributed by atoms with Crippen molar-refractivity contribution in [1.29, 1.82) is 0 Å². The summed E-state index contributed by atoms with van der Waals surface area (Å²) in [6.07, 6.45) is 4.32. The molecule has 0 saturated heterocycles. The maximum Gasteiger partial charge on any atom is 0.268 e. The van der Waals surface area contributed by atoms with Crippen molar-refractivity contribution in [2.45, 2.75) is 39.3 Å². The maximum atomic E-state index is 12.1. The van der Waals surface area contributed by atoms with Crippen LogP contribution in [0, 0.1) is 5.92 Å². The molecule has 1 aliphatic rings. The van der Waals surface area contributed by atoms with Gasteiger partial charge in [0.1, 0.15) is 0 Å². The van der Waals surface area contributed by atoms with E-state index in [-0.39, 0.29) is 5.56 Å². The molecule has 0 radical (unpaired) electrons. The van der Waals surface area contributed by atoms with Crippen LogP contribution in [0.25, 0.3) is 0 Å². The number of nitrogens with zero attached hydrogens (tertiary/aromatic N) is 3. The zero-order valence-corrected chi connectivity index (χ0v) is 12.1. The van der Waals surface area contributed by atoms with Gasteiger partial charge in [-0.1, -0.05) is 0 Å². The number of aromatic nitrogens is 2. The highest BCUT2D eigenvalue weighted by molar-refractivity contribution is 5.42. The van der Waals surface area contributed by atoms with Crippen LogP contribution in [-0.2, 0) is 6.54 Å². The maximum absolute atomic E-state index is 12.1.